The molecule has 0 amide bonds. The average Bonchev–Trinajstić information content (AvgIpc) is 2.06. The van der Waals surface area contributed by atoms with E-state index in [9.17, 15) is 0 Å². The predicted molar refractivity (Wildman–Crippen MR) is 55.0 cm³/mol. The molecule has 0 radical (unpaired) electrons. The van der Waals surface area contributed by atoms with Crippen LogP contribution in [0.2, 0.25) is 0 Å². The van der Waals surface area contributed by atoms with Crippen LogP contribution in [0.25, 0.3) is 0 Å². The minimum atomic E-state index is -0.150. The van der Waals surface area contributed by atoms with Crippen molar-refractivity contribution >= 4 is 0 Å². The molecule has 0 aromatic carbocycles. The second kappa shape index (κ2) is 5.22. The Morgan fingerprint density at radius 1 is 1.33 bits per heavy atom. The molecule has 70 valence electrons. The second-order valence-corrected chi connectivity index (χ2v) is 3.83. The fraction of sp³-hybridized carbons (Fsp3) is 0.818. The van der Waals surface area contributed by atoms with Gasteiger partial charge in [0.25, 0.3) is 0 Å². The lowest BCUT2D eigenvalue weighted by Gasteiger charge is -2.23. The molecule has 0 heterocycles. The van der Waals surface area contributed by atoms with Crippen LogP contribution in [0.4, 0.5) is 0 Å². The van der Waals surface area contributed by atoms with Gasteiger partial charge in [-0.25, -0.2) is 0 Å². The maximum Gasteiger partial charge on any atom is 0.0741 e. The van der Waals surface area contributed by atoms with E-state index in [1.54, 1.807) is 0 Å². The van der Waals surface area contributed by atoms with Crippen molar-refractivity contribution in [3.63, 3.8) is 0 Å². The summed E-state index contributed by atoms with van der Waals surface area (Å²) >= 11 is 0. The van der Waals surface area contributed by atoms with Crippen molar-refractivity contribution in [2.45, 2.75) is 46.1 Å². The van der Waals surface area contributed by atoms with Crippen molar-refractivity contribution in [1.82, 2.24) is 5.32 Å². The molecule has 0 aliphatic rings. The molecule has 1 N–H and O–H groups in total. The van der Waals surface area contributed by atoms with Gasteiger partial charge in [0.05, 0.1) is 5.54 Å². The molecule has 0 spiro atoms. The molecular weight excluding hydrogens is 146 g/mol. The Hall–Kier alpha value is -0.480. The van der Waals surface area contributed by atoms with E-state index >= 15 is 0 Å². The van der Waals surface area contributed by atoms with E-state index in [0.29, 0.717) is 0 Å². The average molecular weight is 167 g/mol. The molecule has 0 unspecified atom stereocenters. The third-order valence-corrected chi connectivity index (χ3v) is 2.35. The van der Waals surface area contributed by atoms with Gasteiger partial charge in [-0.15, -0.1) is 6.42 Å². The van der Waals surface area contributed by atoms with Crippen LogP contribution in [0.5, 0.6) is 0 Å². The highest BCUT2D eigenvalue weighted by Crippen LogP contribution is 2.08. The summed E-state index contributed by atoms with van der Waals surface area (Å²) in [5.41, 5.74) is -0.150. The monoisotopic (exact) mass is 167 g/mol. The van der Waals surface area contributed by atoms with Crippen LogP contribution in [-0.4, -0.2) is 12.1 Å². The summed E-state index contributed by atoms with van der Waals surface area (Å²) in [6, 6.07) is 0. The summed E-state index contributed by atoms with van der Waals surface area (Å²) in [5, 5.41) is 3.37. The molecule has 0 saturated heterocycles. The van der Waals surface area contributed by atoms with Gasteiger partial charge in [-0.2, -0.15) is 0 Å². The van der Waals surface area contributed by atoms with Crippen LogP contribution in [-0.2, 0) is 0 Å². The molecule has 0 saturated carbocycles. The van der Waals surface area contributed by atoms with E-state index in [0.717, 1.165) is 12.5 Å². The first-order valence-corrected chi connectivity index (χ1v) is 4.78. The quantitative estimate of drug-likeness (QED) is 0.620. The molecule has 0 aliphatic heterocycles. The van der Waals surface area contributed by atoms with Gasteiger partial charge < -0.3 is 5.32 Å². The Labute approximate surface area is 76.9 Å². The Kier molecular flexibility index (Phi) is 5.01. The van der Waals surface area contributed by atoms with Crippen molar-refractivity contribution in [3.05, 3.63) is 0 Å². The summed E-state index contributed by atoms with van der Waals surface area (Å²) in [5.74, 6) is 3.50. The second-order valence-electron chi connectivity index (χ2n) is 3.83. The molecule has 1 nitrogen and oxygen atoms in total. The molecule has 12 heavy (non-hydrogen) atoms. The zero-order valence-electron chi connectivity index (χ0n) is 8.78. The lowest BCUT2D eigenvalue weighted by atomic mass is 10.0. The van der Waals surface area contributed by atoms with Crippen LogP contribution in [0.3, 0.4) is 0 Å². The number of rotatable bonds is 5. The fourth-order valence-electron chi connectivity index (χ4n) is 1.03. The zero-order chi connectivity index (χ0) is 9.61. The van der Waals surface area contributed by atoms with Crippen molar-refractivity contribution in [1.29, 1.82) is 0 Å². The molecule has 0 bridgehead atoms. The van der Waals surface area contributed by atoms with Crippen molar-refractivity contribution in [2.24, 2.45) is 5.92 Å². The first-order chi connectivity index (χ1) is 5.55. The highest BCUT2D eigenvalue weighted by molar-refractivity contribution is 5.07. The van der Waals surface area contributed by atoms with Crippen molar-refractivity contribution < 1.29 is 0 Å². The van der Waals surface area contributed by atoms with E-state index < -0.39 is 0 Å². The maximum atomic E-state index is 5.36. The van der Waals surface area contributed by atoms with Gasteiger partial charge in [0, 0.05) is 0 Å². The van der Waals surface area contributed by atoms with Gasteiger partial charge in [-0.05, 0) is 26.3 Å². The van der Waals surface area contributed by atoms with Gasteiger partial charge in [0.15, 0.2) is 0 Å². The smallest absolute Gasteiger partial charge is 0.0741 e. The van der Waals surface area contributed by atoms with Gasteiger partial charge in [0.1, 0.15) is 0 Å². The Morgan fingerprint density at radius 3 is 2.17 bits per heavy atom. The van der Waals surface area contributed by atoms with E-state index in [-0.39, 0.29) is 5.54 Å². The minimum absolute atomic E-state index is 0.150. The van der Waals surface area contributed by atoms with Crippen LogP contribution in [0, 0.1) is 18.3 Å². The van der Waals surface area contributed by atoms with Crippen LogP contribution < -0.4 is 5.32 Å². The Bertz CT molecular complexity index is 149. The number of nitrogens with one attached hydrogen (secondary N) is 1. The molecule has 0 atom stereocenters. The van der Waals surface area contributed by atoms with Crippen molar-refractivity contribution in [3.8, 4) is 12.3 Å². The van der Waals surface area contributed by atoms with E-state index in [2.05, 4.69) is 25.1 Å². The highest BCUT2D eigenvalue weighted by Gasteiger charge is 2.14. The van der Waals surface area contributed by atoms with Gasteiger partial charge in [-0.3, -0.25) is 0 Å². The van der Waals surface area contributed by atoms with E-state index in [1.165, 1.54) is 12.8 Å². The van der Waals surface area contributed by atoms with E-state index in [1.807, 2.05) is 13.8 Å². The standard InChI is InChI=1S/C11H21N/c1-6-10(7-2)9-12-11(4,5)8-3/h3,10,12H,6-7,9H2,1-2,4-5H3. The van der Waals surface area contributed by atoms with Crippen LogP contribution in [0.1, 0.15) is 40.5 Å². The highest BCUT2D eigenvalue weighted by atomic mass is 14.9. The first kappa shape index (κ1) is 11.5. The number of terminal acetylenes is 1. The van der Waals surface area contributed by atoms with Gasteiger partial charge in [-0.1, -0.05) is 32.6 Å². The first-order valence-electron chi connectivity index (χ1n) is 4.78. The van der Waals surface area contributed by atoms with Gasteiger partial charge in [0.2, 0.25) is 0 Å². The predicted octanol–water partition coefficient (Wildman–Crippen LogP) is 2.42. The van der Waals surface area contributed by atoms with Crippen LogP contribution >= 0.6 is 0 Å². The summed E-state index contributed by atoms with van der Waals surface area (Å²) < 4.78 is 0. The van der Waals surface area contributed by atoms with Crippen LogP contribution in [0.15, 0.2) is 0 Å². The summed E-state index contributed by atoms with van der Waals surface area (Å²) in [6.45, 7) is 9.55. The van der Waals surface area contributed by atoms with Gasteiger partial charge >= 0.3 is 0 Å². The normalized spacial score (nSPS) is 11.7. The summed E-state index contributed by atoms with van der Waals surface area (Å²) in [6.07, 6.45) is 7.82. The largest absolute Gasteiger partial charge is 0.301 e. The minimum Gasteiger partial charge on any atom is -0.301 e. The lowest BCUT2D eigenvalue weighted by molar-refractivity contribution is 0.392. The molecule has 0 aromatic heterocycles. The lowest BCUT2D eigenvalue weighted by Crippen LogP contribution is -2.40. The van der Waals surface area contributed by atoms with E-state index in [4.69, 9.17) is 6.42 Å². The summed E-state index contributed by atoms with van der Waals surface area (Å²) in [7, 11) is 0. The summed E-state index contributed by atoms with van der Waals surface area (Å²) in [4.78, 5) is 0. The molecule has 1 heteroatoms. The molecule has 0 aromatic rings. The maximum absolute atomic E-state index is 5.36. The zero-order valence-corrected chi connectivity index (χ0v) is 8.78. The topological polar surface area (TPSA) is 12.0 Å². The number of hydrogen-bond donors (Lipinski definition) is 1. The third kappa shape index (κ3) is 4.41. The molecule has 0 rings (SSSR count). The third-order valence-electron chi connectivity index (χ3n) is 2.35. The fourth-order valence-corrected chi connectivity index (χ4v) is 1.03. The number of hydrogen-bond acceptors (Lipinski definition) is 1. The Balaban J connectivity index is 3.75. The molecule has 0 fully saturated rings. The molecular formula is C11H21N. The Morgan fingerprint density at radius 2 is 1.83 bits per heavy atom. The SMILES string of the molecule is C#CC(C)(C)NCC(CC)CC. The molecule has 0 aliphatic carbocycles. The van der Waals surface area contributed by atoms with Crippen molar-refractivity contribution in [2.75, 3.05) is 6.54 Å².